The molecular weight excluding hydrogens is 253 g/mol. The van der Waals surface area contributed by atoms with Crippen molar-refractivity contribution in [2.75, 3.05) is 0 Å². The Kier molecular flexibility index (Phi) is 2.98. The number of hydrogen-bond donors (Lipinski definition) is 0. The van der Waals surface area contributed by atoms with E-state index in [1.165, 1.54) is 6.07 Å². The van der Waals surface area contributed by atoms with Gasteiger partial charge in [-0.15, -0.1) is 0 Å². The molecule has 0 aliphatic heterocycles. The molecule has 3 nitrogen and oxygen atoms in total. The molecule has 1 aliphatic carbocycles. The van der Waals surface area contributed by atoms with Crippen molar-refractivity contribution in [3.05, 3.63) is 47.7 Å². The maximum Gasteiger partial charge on any atom is 0.149 e. The van der Waals surface area contributed by atoms with E-state index < -0.39 is 5.41 Å². The summed E-state index contributed by atoms with van der Waals surface area (Å²) in [4.78, 5) is 8.85. The molecule has 1 fully saturated rings. The molecule has 20 heavy (non-hydrogen) atoms. The quantitative estimate of drug-likeness (QED) is 0.836. The van der Waals surface area contributed by atoms with Gasteiger partial charge in [0.05, 0.1) is 11.8 Å². The van der Waals surface area contributed by atoms with Gasteiger partial charge in [0, 0.05) is 11.3 Å². The van der Waals surface area contributed by atoms with Crippen LogP contribution in [-0.2, 0) is 5.41 Å². The van der Waals surface area contributed by atoms with E-state index in [1.807, 2.05) is 6.92 Å². The predicted octanol–water partition coefficient (Wildman–Crippen LogP) is 3.54. The number of benzene rings is 1. The standard InChI is InChI=1S/C16H14FN3/c1-11-9-14(12-5-2-3-6-13(12)17)20-15(19-11)16(10-18)7-4-8-16/h2-3,5-6,9H,4,7-8H2,1H3. The average Bonchev–Trinajstić information content (AvgIpc) is 2.38. The largest absolute Gasteiger partial charge is 0.236 e. The maximum absolute atomic E-state index is 13.9. The molecule has 100 valence electrons. The molecule has 3 rings (SSSR count). The van der Waals surface area contributed by atoms with Gasteiger partial charge >= 0.3 is 0 Å². The van der Waals surface area contributed by atoms with Gasteiger partial charge in [-0.1, -0.05) is 12.1 Å². The lowest BCUT2D eigenvalue weighted by Gasteiger charge is -2.33. The van der Waals surface area contributed by atoms with Gasteiger partial charge in [-0.25, -0.2) is 14.4 Å². The van der Waals surface area contributed by atoms with Gasteiger partial charge in [-0.05, 0) is 44.4 Å². The summed E-state index contributed by atoms with van der Waals surface area (Å²) in [5.41, 5.74) is 1.18. The number of aryl methyl sites for hydroxylation is 1. The fourth-order valence-corrected chi connectivity index (χ4v) is 2.51. The lowest BCUT2D eigenvalue weighted by Crippen LogP contribution is -2.34. The Balaban J connectivity index is 2.13. The van der Waals surface area contributed by atoms with E-state index >= 15 is 0 Å². The third-order valence-electron chi connectivity index (χ3n) is 3.85. The molecule has 0 N–H and O–H groups in total. The van der Waals surface area contributed by atoms with E-state index in [0.29, 0.717) is 17.1 Å². The van der Waals surface area contributed by atoms with E-state index in [2.05, 4.69) is 16.0 Å². The van der Waals surface area contributed by atoms with Crippen LogP contribution in [0.15, 0.2) is 30.3 Å². The fourth-order valence-electron chi connectivity index (χ4n) is 2.51. The number of rotatable bonds is 2. The summed E-state index contributed by atoms with van der Waals surface area (Å²) in [5.74, 6) is 0.223. The molecule has 0 spiro atoms. The summed E-state index contributed by atoms with van der Waals surface area (Å²) in [6, 6.07) is 10.6. The zero-order chi connectivity index (χ0) is 14.2. The molecule has 1 aromatic heterocycles. The molecule has 0 atom stereocenters. The van der Waals surface area contributed by atoms with Crippen LogP contribution in [0.5, 0.6) is 0 Å². The van der Waals surface area contributed by atoms with Crippen LogP contribution in [0.1, 0.15) is 30.8 Å². The van der Waals surface area contributed by atoms with Crippen molar-refractivity contribution >= 4 is 0 Å². The molecule has 0 bridgehead atoms. The zero-order valence-corrected chi connectivity index (χ0v) is 11.2. The highest BCUT2D eigenvalue weighted by molar-refractivity contribution is 5.60. The van der Waals surface area contributed by atoms with E-state index in [1.54, 1.807) is 24.3 Å². The molecule has 0 amide bonds. The van der Waals surface area contributed by atoms with E-state index in [-0.39, 0.29) is 5.82 Å². The van der Waals surface area contributed by atoms with Crippen molar-refractivity contribution in [1.82, 2.24) is 9.97 Å². The molecule has 1 aromatic carbocycles. The summed E-state index contributed by atoms with van der Waals surface area (Å²) < 4.78 is 13.9. The summed E-state index contributed by atoms with van der Waals surface area (Å²) in [6.45, 7) is 1.85. The summed E-state index contributed by atoms with van der Waals surface area (Å²) in [6.07, 6.45) is 2.58. The highest BCUT2D eigenvalue weighted by atomic mass is 19.1. The Morgan fingerprint density at radius 2 is 2.00 bits per heavy atom. The van der Waals surface area contributed by atoms with E-state index in [4.69, 9.17) is 0 Å². The Hall–Kier alpha value is -2.28. The fraction of sp³-hybridized carbons (Fsp3) is 0.312. The minimum Gasteiger partial charge on any atom is -0.236 e. The monoisotopic (exact) mass is 267 g/mol. The van der Waals surface area contributed by atoms with Crippen molar-refractivity contribution in [3.63, 3.8) is 0 Å². The molecule has 0 radical (unpaired) electrons. The molecular formula is C16H14FN3. The van der Waals surface area contributed by atoms with Gasteiger partial charge in [0.25, 0.3) is 0 Å². The molecule has 2 aromatic rings. The second kappa shape index (κ2) is 4.68. The average molecular weight is 267 g/mol. The predicted molar refractivity (Wildman–Crippen MR) is 73.3 cm³/mol. The van der Waals surface area contributed by atoms with Crippen molar-refractivity contribution in [1.29, 1.82) is 5.26 Å². The van der Waals surface area contributed by atoms with Crippen molar-refractivity contribution in [3.8, 4) is 17.3 Å². The van der Waals surface area contributed by atoms with Crippen molar-refractivity contribution in [2.45, 2.75) is 31.6 Å². The smallest absolute Gasteiger partial charge is 0.149 e. The number of nitrogens with zero attached hydrogens (tertiary/aromatic N) is 3. The lowest BCUT2D eigenvalue weighted by atomic mass is 9.69. The molecule has 4 heteroatoms. The lowest BCUT2D eigenvalue weighted by molar-refractivity contribution is 0.307. The van der Waals surface area contributed by atoms with Gasteiger partial charge in [0.2, 0.25) is 0 Å². The first-order chi connectivity index (χ1) is 9.64. The summed E-state index contributed by atoms with van der Waals surface area (Å²) >= 11 is 0. The van der Waals surface area contributed by atoms with Crippen LogP contribution in [0.2, 0.25) is 0 Å². The minimum absolute atomic E-state index is 0.309. The Morgan fingerprint density at radius 1 is 1.25 bits per heavy atom. The van der Waals surface area contributed by atoms with Crippen LogP contribution in [-0.4, -0.2) is 9.97 Å². The van der Waals surface area contributed by atoms with Gasteiger partial charge < -0.3 is 0 Å². The molecule has 1 saturated carbocycles. The Bertz CT molecular complexity index is 699. The molecule has 1 heterocycles. The SMILES string of the molecule is Cc1cc(-c2ccccc2F)nc(C2(C#N)CCC2)n1. The van der Waals surface area contributed by atoms with Crippen molar-refractivity contribution < 1.29 is 4.39 Å². The van der Waals surface area contributed by atoms with Crippen LogP contribution in [0.3, 0.4) is 0 Å². The van der Waals surface area contributed by atoms with E-state index in [0.717, 1.165) is 25.0 Å². The van der Waals surface area contributed by atoms with Crippen molar-refractivity contribution in [2.24, 2.45) is 0 Å². The normalized spacial score (nSPS) is 16.2. The van der Waals surface area contributed by atoms with Gasteiger partial charge in [-0.3, -0.25) is 0 Å². The first kappa shape index (κ1) is 12.7. The second-order valence-electron chi connectivity index (χ2n) is 5.25. The Labute approximate surface area is 117 Å². The second-order valence-corrected chi connectivity index (χ2v) is 5.25. The molecule has 0 saturated heterocycles. The summed E-state index contributed by atoms with van der Waals surface area (Å²) in [5, 5.41) is 9.39. The first-order valence-electron chi connectivity index (χ1n) is 6.67. The third kappa shape index (κ3) is 1.96. The van der Waals surface area contributed by atoms with Crippen LogP contribution in [0.25, 0.3) is 11.3 Å². The van der Waals surface area contributed by atoms with E-state index in [9.17, 15) is 9.65 Å². The van der Waals surface area contributed by atoms with Crippen LogP contribution >= 0.6 is 0 Å². The number of halogens is 1. The zero-order valence-electron chi connectivity index (χ0n) is 11.2. The molecule has 0 unspecified atom stereocenters. The molecule has 1 aliphatic rings. The van der Waals surface area contributed by atoms with Crippen LogP contribution in [0.4, 0.5) is 4.39 Å². The first-order valence-corrected chi connectivity index (χ1v) is 6.67. The highest BCUT2D eigenvalue weighted by Gasteiger charge is 2.42. The minimum atomic E-state index is -0.577. The van der Waals surface area contributed by atoms with Crippen LogP contribution < -0.4 is 0 Å². The van der Waals surface area contributed by atoms with Crippen LogP contribution in [0, 0.1) is 24.1 Å². The van der Waals surface area contributed by atoms with Gasteiger partial charge in [0.1, 0.15) is 17.1 Å². The number of nitriles is 1. The highest BCUT2D eigenvalue weighted by Crippen LogP contribution is 2.42. The summed E-state index contributed by atoms with van der Waals surface area (Å²) in [7, 11) is 0. The van der Waals surface area contributed by atoms with Gasteiger partial charge in [0.15, 0.2) is 0 Å². The maximum atomic E-state index is 13.9. The number of hydrogen-bond acceptors (Lipinski definition) is 3. The van der Waals surface area contributed by atoms with Gasteiger partial charge in [-0.2, -0.15) is 5.26 Å². The third-order valence-corrected chi connectivity index (χ3v) is 3.85. The number of aromatic nitrogens is 2. The topological polar surface area (TPSA) is 49.6 Å². The Morgan fingerprint density at radius 3 is 2.60 bits per heavy atom.